The van der Waals surface area contributed by atoms with E-state index < -0.39 is 5.92 Å². The summed E-state index contributed by atoms with van der Waals surface area (Å²) in [5.74, 6) is 0.147. The molecule has 0 heterocycles. The Hall–Kier alpha value is -1.82. The van der Waals surface area contributed by atoms with Gasteiger partial charge in [0.05, 0.1) is 18.2 Å². The fraction of sp³-hybridized carbons (Fsp3) is 0.467. The van der Waals surface area contributed by atoms with Crippen molar-refractivity contribution < 1.29 is 9.53 Å². The second-order valence-corrected chi connectivity index (χ2v) is 4.60. The number of para-hydroxylation sites is 1. The van der Waals surface area contributed by atoms with Gasteiger partial charge in [0, 0.05) is 0 Å². The van der Waals surface area contributed by atoms with Crippen molar-refractivity contribution in [3.8, 4) is 11.8 Å². The first-order valence-corrected chi connectivity index (χ1v) is 6.25. The lowest BCUT2D eigenvalue weighted by Gasteiger charge is -2.13. The van der Waals surface area contributed by atoms with E-state index in [9.17, 15) is 4.79 Å². The van der Waals surface area contributed by atoms with Crippen LogP contribution in [0.25, 0.3) is 0 Å². The predicted molar refractivity (Wildman–Crippen MR) is 70.5 cm³/mol. The van der Waals surface area contributed by atoms with E-state index in [-0.39, 0.29) is 5.78 Å². The Labute approximate surface area is 108 Å². The molecule has 3 heteroatoms. The molecule has 0 spiro atoms. The fourth-order valence-electron chi connectivity index (χ4n) is 1.83. The summed E-state index contributed by atoms with van der Waals surface area (Å²) >= 11 is 0. The Morgan fingerprint density at radius 2 is 2.06 bits per heavy atom. The number of ether oxygens (including phenoxy) is 1. The van der Waals surface area contributed by atoms with E-state index in [0.717, 1.165) is 0 Å². The van der Waals surface area contributed by atoms with Crippen molar-refractivity contribution in [2.45, 2.75) is 27.2 Å². The molecule has 1 aromatic carbocycles. The summed E-state index contributed by atoms with van der Waals surface area (Å²) < 4.78 is 5.43. The van der Waals surface area contributed by atoms with Crippen LogP contribution in [0.5, 0.6) is 5.75 Å². The number of hydrogen-bond acceptors (Lipinski definition) is 3. The number of ketones is 1. The van der Waals surface area contributed by atoms with Crippen molar-refractivity contribution in [1.82, 2.24) is 0 Å². The van der Waals surface area contributed by atoms with E-state index in [1.807, 2.05) is 26.8 Å². The molecule has 0 aliphatic rings. The number of benzene rings is 1. The van der Waals surface area contributed by atoms with E-state index >= 15 is 0 Å². The Morgan fingerprint density at radius 1 is 1.39 bits per heavy atom. The topological polar surface area (TPSA) is 50.1 Å². The van der Waals surface area contributed by atoms with E-state index in [0.29, 0.717) is 30.3 Å². The zero-order valence-corrected chi connectivity index (χ0v) is 11.1. The number of nitrogens with zero attached hydrogens (tertiary/aromatic N) is 1. The van der Waals surface area contributed by atoms with Gasteiger partial charge < -0.3 is 4.74 Å². The summed E-state index contributed by atoms with van der Waals surface area (Å²) in [6, 6.07) is 9.20. The Bertz CT molecular complexity index is 446. The second kappa shape index (κ2) is 6.80. The first-order chi connectivity index (χ1) is 8.60. The SMILES string of the molecule is CCOc1ccccc1C(=O)C(C#N)CC(C)C. The molecular formula is C15H19NO2. The molecule has 1 unspecified atom stereocenters. The largest absolute Gasteiger partial charge is 0.493 e. The van der Waals surface area contributed by atoms with Crippen molar-refractivity contribution >= 4 is 5.78 Å². The highest BCUT2D eigenvalue weighted by molar-refractivity contribution is 6.01. The van der Waals surface area contributed by atoms with Gasteiger partial charge in [0.2, 0.25) is 0 Å². The third kappa shape index (κ3) is 3.59. The highest BCUT2D eigenvalue weighted by atomic mass is 16.5. The van der Waals surface area contributed by atoms with Crippen LogP contribution in [0.4, 0.5) is 0 Å². The minimum Gasteiger partial charge on any atom is -0.493 e. The number of Topliss-reactive ketones (excluding diaryl/α,β-unsaturated/α-hetero) is 1. The van der Waals surface area contributed by atoms with E-state index in [1.54, 1.807) is 18.2 Å². The monoisotopic (exact) mass is 245 g/mol. The molecule has 0 fully saturated rings. The molecule has 0 aromatic heterocycles. The molecule has 1 rings (SSSR count). The first-order valence-electron chi connectivity index (χ1n) is 6.25. The van der Waals surface area contributed by atoms with Crippen molar-refractivity contribution in [3.63, 3.8) is 0 Å². The third-order valence-corrected chi connectivity index (χ3v) is 2.63. The smallest absolute Gasteiger partial charge is 0.183 e. The zero-order valence-electron chi connectivity index (χ0n) is 11.1. The lowest BCUT2D eigenvalue weighted by Crippen LogP contribution is -2.16. The van der Waals surface area contributed by atoms with Gasteiger partial charge in [-0.05, 0) is 31.4 Å². The van der Waals surface area contributed by atoms with Crippen LogP contribution in [0, 0.1) is 23.2 Å². The normalized spacial score (nSPS) is 11.9. The van der Waals surface area contributed by atoms with Crippen molar-refractivity contribution in [2.24, 2.45) is 11.8 Å². The Morgan fingerprint density at radius 3 is 2.61 bits per heavy atom. The zero-order chi connectivity index (χ0) is 13.5. The maximum atomic E-state index is 12.3. The van der Waals surface area contributed by atoms with E-state index in [1.165, 1.54) is 0 Å². The summed E-state index contributed by atoms with van der Waals surface area (Å²) in [5.41, 5.74) is 0.506. The van der Waals surface area contributed by atoms with Gasteiger partial charge in [-0.15, -0.1) is 0 Å². The highest BCUT2D eigenvalue weighted by Gasteiger charge is 2.23. The molecule has 0 aliphatic heterocycles. The average Bonchev–Trinajstić information content (AvgIpc) is 2.36. The lowest BCUT2D eigenvalue weighted by molar-refractivity contribution is 0.0933. The molecular weight excluding hydrogens is 226 g/mol. The maximum absolute atomic E-state index is 12.3. The summed E-state index contributed by atoms with van der Waals surface area (Å²) in [6.45, 7) is 6.39. The van der Waals surface area contributed by atoms with Crippen molar-refractivity contribution in [1.29, 1.82) is 5.26 Å². The summed E-state index contributed by atoms with van der Waals surface area (Å²) in [6.07, 6.45) is 0.579. The molecule has 0 saturated carbocycles. The molecule has 1 atom stereocenters. The molecule has 0 radical (unpaired) electrons. The summed E-state index contributed by atoms with van der Waals surface area (Å²) in [7, 11) is 0. The standard InChI is InChI=1S/C15H19NO2/c1-4-18-14-8-6-5-7-13(14)15(17)12(10-16)9-11(2)3/h5-8,11-12H,4,9H2,1-3H3. The Kier molecular flexibility index (Phi) is 5.38. The molecule has 3 nitrogen and oxygen atoms in total. The Balaban J connectivity index is 2.98. The second-order valence-electron chi connectivity index (χ2n) is 4.60. The molecule has 1 aromatic rings. The molecule has 0 aliphatic carbocycles. The van der Waals surface area contributed by atoms with Crippen LogP contribution < -0.4 is 4.74 Å². The average molecular weight is 245 g/mol. The fourth-order valence-corrected chi connectivity index (χ4v) is 1.83. The summed E-state index contributed by atoms with van der Waals surface area (Å²) in [4.78, 5) is 12.3. The quantitative estimate of drug-likeness (QED) is 0.721. The van der Waals surface area contributed by atoms with Gasteiger partial charge >= 0.3 is 0 Å². The van der Waals surface area contributed by atoms with Crippen LogP contribution >= 0.6 is 0 Å². The number of nitriles is 1. The lowest BCUT2D eigenvalue weighted by atomic mass is 9.90. The molecule has 18 heavy (non-hydrogen) atoms. The number of hydrogen-bond donors (Lipinski definition) is 0. The highest BCUT2D eigenvalue weighted by Crippen LogP contribution is 2.24. The van der Waals surface area contributed by atoms with Crippen LogP contribution in [-0.4, -0.2) is 12.4 Å². The number of rotatable bonds is 6. The summed E-state index contributed by atoms with van der Waals surface area (Å²) in [5, 5.41) is 9.12. The molecule has 0 amide bonds. The maximum Gasteiger partial charge on any atom is 0.183 e. The van der Waals surface area contributed by atoms with Crippen LogP contribution in [-0.2, 0) is 0 Å². The molecule has 0 saturated heterocycles. The van der Waals surface area contributed by atoms with Crippen LogP contribution in [0.1, 0.15) is 37.6 Å². The molecule has 0 bridgehead atoms. The number of carbonyl (C=O) groups is 1. The molecule has 0 N–H and O–H groups in total. The van der Waals surface area contributed by atoms with Crippen molar-refractivity contribution in [3.05, 3.63) is 29.8 Å². The van der Waals surface area contributed by atoms with Crippen molar-refractivity contribution in [2.75, 3.05) is 6.61 Å². The van der Waals surface area contributed by atoms with E-state index in [4.69, 9.17) is 10.00 Å². The van der Waals surface area contributed by atoms with Crippen LogP contribution in [0.15, 0.2) is 24.3 Å². The third-order valence-electron chi connectivity index (χ3n) is 2.63. The molecule has 96 valence electrons. The van der Waals surface area contributed by atoms with Gasteiger partial charge in [-0.2, -0.15) is 5.26 Å². The van der Waals surface area contributed by atoms with Crippen LogP contribution in [0.3, 0.4) is 0 Å². The van der Waals surface area contributed by atoms with Gasteiger partial charge in [0.1, 0.15) is 11.7 Å². The van der Waals surface area contributed by atoms with E-state index in [2.05, 4.69) is 6.07 Å². The van der Waals surface area contributed by atoms with Gasteiger partial charge in [-0.3, -0.25) is 4.79 Å². The minimum absolute atomic E-state index is 0.143. The predicted octanol–water partition coefficient (Wildman–Crippen LogP) is 3.45. The minimum atomic E-state index is -0.591. The van der Waals surface area contributed by atoms with Gasteiger partial charge in [0.15, 0.2) is 5.78 Å². The van der Waals surface area contributed by atoms with Gasteiger partial charge in [-0.1, -0.05) is 26.0 Å². The number of carbonyl (C=O) groups excluding carboxylic acids is 1. The first kappa shape index (κ1) is 14.2. The van der Waals surface area contributed by atoms with Gasteiger partial charge in [-0.25, -0.2) is 0 Å². The van der Waals surface area contributed by atoms with Crippen LogP contribution in [0.2, 0.25) is 0 Å². The van der Waals surface area contributed by atoms with Gasteiger partial charge in [0.25, 0.3) is 0 Å².